The van der Waals surface area contributed by atoms with E-state index < -0.39 is 0 Å². The molecule has 0 amide bonds. The largest absolute Gasteiger partial charge is 0.256 e. The predicted octanol–water partition coefficient (Wildman–Crippen LogP) is 7.32. The number of hydrogen-bond donors (Lipinski definition) is 0. The number of aliphatic imine (C=N–C) groups is 1. The van der Waals surface area contributed by atoms with Crippen LogP contribution < -0.4 is 0 Å². The second-order valence-corrected chi connectivity index (χ2v) is 7.15. The third kappa shape index (κ3) is 3.63. The zero-order chi connectivity index (χ0) is 20.2. The van der Waals surface area contributed by atoms with Crippen LogP contribution in [0.25, 0.3) is 33.2 Å². The van der Waals surface area contributed by atoms with E-state index in [-0.39, 0.29) is 0 Å². The van der Waals surface area contributed by atoms with Gasteiger partial charge in [0, 0.05) is 23.5 Å². The number of hydrogen-bond acceptors (Lipinski definition) is 2. The first-order chi connectivity index (χ1) is 14.9. The smallest absolute Gasteiger partial charge is 0.0714 e. The second-order valence-electron chi connectivity index (χ2n) is 7.15. The van der Waals surface area contributed by atoms with Crippen molar-refractivity contribution in [3.05, 3.63) is 121 Å². The Labute approximate surface area is 176 Å². The summed E-state index contributed by atoms with van der Waals surface area (Å²) in [7, 11) is 0. The van der Waals surface area contributed by atoms with Gasteiger partial charge in [-0.1, -0.05) is 84.9 Å². The van der Waals surface area contributed by atoms with Gasteiger partial charge >= 0.3 is 0 Å². The first kappa shape index (κ1) is 18.0. The Kier molecular flexibility index (Phi) is 4.89. The van der Waals surface area contributed by atoms with E-state index in [0.29, 0.717) is 0 Å². The maximum Gasteiger partial charge on any atom is 0.0714 e. The molecule has 2 nitrogen and oxygen atoms in total. The van der Waals surface area contributed by atoms with Crippen molar-refractivity contribution in [1.29, 1.82) is 0 Å². The summed E-state index contributed by atoms with van der Waals surface area (Å²) < 4.78 is 0. The van der Waals surface area contributed by atoms with Gasteiger partial charge in [-0.25, -0.2) is 0 Å². The maximum atomic E-state index is 4.89. The molecule has 4 aromatic carbocycles. The standard InChI is InChI=1S/C28H20N2/c1-2-11-23(12-3-1)28-25-14-5-4-10-22(25)16-17-27(28)30-20-21-9-8-13-24(19-21)26-15-6-7-18-29-26/h1-20H. The first-order valence-electron chi connectivity index (χ1n) is 10.0. The summed E-state index contributed by atoms with van der Waals surface area (Å²) in [6.07, 6.45) is 3.75. The van der Waals surface area contributed by atoms with Crippen LogP contribution in [-0.2, 0) is 0 Å². The molecule has 0 radical (unpaired) electrons. The summed E-state index contributed by atoms with van der Waals surface area (Å²) in [5.41, 5.74) is 6.38. The molecule has 0 spiro atoms. The van der Waals surface area contributed by atoms with Gasteiger partial charge in [0.05, 0.1) is 11.4 Å². The highest BCUT2D eigenvalue weighted by Gasteiger charge is 2.09. The van der Waals surface area contributed by atoms with Crippen LogP contribution >= 0.6 is 0 Å². The minimum atomic E-state index is 0.961. The zero-order valence-electron chi connectivity index (χ0n) is 16.4. The topological polar surface area (TPSA) is 25.2 Å². The molecule has 0 unspecified atom stereocenters. The lowest BCUT2D eigenvalue weighted by atomic mass is 9.96. The van der Waals surface area contributed by atoms with E-state index in [1.807, 2.05) is 42.7 Å². The fraction of sp³-hybridized carbons (Fsp3) is 0. The number of nitrogens with zero attached hydrogens (tertiary/aromatic N) is 2. The van der Waals surface area contributed by atoms with Gasteiger partial charge in [-0.3, -0.25) is 9.98 Å². The molecule has 0 N–H and O–H groups in total. The molecule has 0 aliphatic heterocycles. The van der Waals surface area contributed by atoms with Gasteiger partial charge in [0.15, 0.2) is 0 Å². The average Bonchev–Trinajstić information content (AvgIpc) is 2.83. The van der Waals surface area contributed by atoms with Gasteiger partial charge in [-0.2, -0.15) is 0 Å². The normalized spacial score (nSPS) is 11.2. The fourth-order valence-electron chi connectivity index (χ4n) is 3.73. The Morgan fingerprint density at radius 3 is 2.30 bits per heavy atom. The summed E-state index contributed by atoms with van der Waals surface area (Å²) in [5.74, 6) is 0. The van der Waals surface area contributed by atoms with E-state index in [2.05, 4.69) is 83.8 Å². The van der Waals surface area contributed by atoms with Crippen LogP contribution in [0.4, 0.5) is 5.69 Å². The summed E-state index contributed by atoms with van der Waals surface area (Å²) in [6.45, 7) is 0. The van der Waals surface area contributed by atoms with Gasteiger partial charge < -0.3 is 0 Å². The fourth-order valence-corrected chi connectivity index (χ4v) is 3.73. The number of fused-ring (bicyclic) bond motifs is 1. The van der Waals surface area contributed by atoms with Crippen molar-refractivity contribution >= 4 is 22.7 Å². The molecule has 1 heterocycles. The lowest BCUT2D eigenvalue weighted by Gasteiger charge is -2.11. The van der Waals surface area contributed by atoms with E-state index in [1.54, 1.807) is 0 Å². The zero-order valence-corrected chi connectivity index (χ0v) is 16.4. The quantitative estimate of drug-likeness (QED) is 0.298. The molecular formula is C28H20N2. The van der Waals surface area contributed by atoms with E-state index >= 15 is 0 Å². The highest BCUT2D eigenvalue weighted by atomic mass is 14.7. The third-order valence-corrected chi connectivity index (χ3v) is 5.17. The molecule has 142 valence electrons. The van der Waals surface area contributed by atoms with Crippen molar-refractivity contribution in [2.45, 2.75) is 0 Å². The number of benzene rings is 4. The van der Waals surface area contributed by atoms with Crippen molar-refractivity contribution in [2.24, 2.45) is 4.99 Å². The SMILES string of the molecule is C(=Nc1ccc2ccccc2c1-c1ccccc1)c1cccc(-c2ccccn2)c1. The predicted molar refractivity (Wildman–Crippen MR) is 126 cm³/mol. The molecule has 0 saturated heterocycles. The van der Waals surface area contributed by atoms with Crippen molar-refractivity contribution < 1.29 is 0 Å². The third-order valence-electron chi connectivity index (χ3n) is 5.17. The van der Waals surface area contributed by atoms with Crippen molar-refractivity contribution in [3.63, 3.8) is 0 Å². The molecule has 1 aromatic heterocycles. The van der Waals surface area contributed by atoms with Gasteiger partial charge in [0.25, 0.3) is 0 Å². The molecule has 0 atom stereocenters. The van der Waals surface area contributed by atoms with Crippen LogP contribution in [0.1, 0.15) is 5.56 Å². The molecule has 0 saturated carbocycles. The Bertz CT molecular complexity index is 1320. The van der Waals surface area contributed by atoms with Gasteiger partial charge in [0.1, 0.15) is 0 Å². The highest BCUT2D eigenvalue weighted by molar-refractivity contribution is 6.03. The minimum absolute atomic E-state index is 0.961. The van der Waals surface area contributed by atoms with Gasteiger partial charge in [-0.15, -0.1) is 0 Å². The van der Waals surface area contributed by atoms with E-state index in [0.717, 1.165) is 28.1 Å². The molecule has 0 aliphatic carbocycles. The van der Waals surface area contributed by atoms with Crippen molar-refractivity contribution in [1.82, 2.24) is 4.98 Å². The maximum absolute atomic E-state index is 4.89. The van der Waals surface area contributed by atoms with Crippen LogP contribution in [0.15, 0.2) is 120 Å². The summed E-state index contributed by atoms with van der Waals surface area (Å²) in [4.78, 5) is 9.34. The molecular weight excluding hydrogens is 364 g/mol. The van der Waals surface area contributed by atoms with Gasteiger partial charge in [0.2, 0.25) is 0 Å². The van der Waals surface area contributed by atoms with Crippen LogP contribution in [0.2, 0.25) is 0 Å². The minimum Gasteiger partial charge on any atom is -0.256 e. The van der Waals surface area contributed by atoms with Crippen molar-refractivity contribution in [2.75, 3.05) is 0 Å². The Balaban J connectivity index is 1.59. The Morgan fingerprint density at radius 2 is 1.43 bits per heavy atom. The summed E-state index contributed by atoms with van der Waals surface area (Å²) in [5, 5.41) is 2.42. The lowest BCUT2D eigenvalue weighted by molar-refractivity contribution is 1.33. The lowest BCUT2D eigenvalue weighted by Crippen LogP contribution is -1.87. The van der Waals surface area contributed by atoms with Crippen LogP contribution in [-0.4, -0.2) is 11.2 Å². The molecule has 0 fully saturated rings. The average molecular weight is 384 g/mol. The molecule has 0 bridgehead atoms. The first-order valence-corrected chi connectivity index (χ1v) is 10.0. The summed E-state index contributed by atoms with van der Waals surface area (Å²) >= 11 is 0. The van der Waals surface area contributed by atoms with E-state index in [9.17, 15) is 0 Å². The molecule has 5 aromatic rings. The van der Waals surface area contributed by atoms with E-state index in [1.165, 1.54) is 16.3 Å². The number of pyridine rings is 1. The van der Waals surface area contributed by atoms with Gasteiger partial charge in [-0.05, 0) is 46.2 Å². The molecule has 2 heteroatoms. The molecule has 0 aliphatic rings. The molecule has 5 rings (SSSR count). The van der Waals surface area contributed by atoms with Crippen LogP contribution in [0.3, 0.4) is 0 Å². The number of rotatable bonds is 4. The summed E-state index contributed by atoms with van der Waals surface area (Å²) in [6, 6.07) is 37.4. The van der Waals surface area contributed by atoms with Crippen LogP contribution in [0.5, 0.6) is 0 Å². The second kappa shape index (κ2) is 8.14. The van der Waals surface area contributed by atoms with E-state index in [4.69, 9.17) is 4.99 Å². The Morgan fingerprint density at radius 1 is 0.633 bits per heavy atom. The highest BCUT2D eigenvalue weighted by Crippen LogP contribution is 2.37. The Hall–Kier alpha value is -4.04. The molecule has 30 heavy (non-hydrogen) atoms. The number of aromatic nitrogens is 1. The van der Waals surface area contributed by atoms with Crippen molar-refractivity contribution in [3.8, 4) is 22.4 Å². The van der Waals surface area contributed by atoms with Crippen LogP contribution in [0, 0.1) is 0 Å². The monoisotopic (exact) mass is 384 g/mol.